The number of anilines is 1. The van der Waals surface area contributed by atoms with E-state index < -0.39 is 10.0 Å². The number of aryl methyl sites for hydroxylation is 1. The van der Waals surface area contributed by atoms with E-state index in [1.807, 2.05) is 25.2 Å². The SMILES string of the molecule is COc1ccc(S(N)(=O)=O)cc1NC(=S)Cc1cccc2c1cnn2C. The Balaban J connectivity index is 1.88. The molecule has 26 heavy (non-hydrogen) atoms. The highest BCUT2D eigenvalue weighted by Crippen LogP contribution is 2.28. The van der Waals surface area contributed by atoms with Crippen molar-refractivity contribution in [1.82, 2.24) is 9.78 Å². The molecule has 9 heteroatoms. The van der Waals surface area contributed by atoms with Gasteiger partial charge in [-0.05, 0) is 29.8 Å². The first kappa shape index (κ1) is 18.3. The van der Waals surface area contributed by atoms with Crippen molar-refractivity contribution in [1.29, 1.82) is 0 Å². The van der Waals surface area contributed by atoms with E-state index in [1.54, 1.807) is 10.9 Å². The fourth-order valence-electron chi connectivity index (χ4n) is 2.72. The van der Waals surface area contributed by atoms with Crippen molar-refractivity contribution in [2.45, 2.75) is 11.3 Å². The fourth-order valence-corrected chi connectivity index (χ4v) is 3.53. The number of methoxy groups -OCH3 is 1. The minimum Gasteiger partial charge on any atom is -0.495 e. The molecular formula is C17H18N4O3S2. The van der Waals surface area contributed by atoms with Gasteiger partial charge in [0.15, 0.2) is 0 Å². The molecule has 3 aromatic rings. The Hall–Kier alpha value is -2.49. The number of hydrogen-bond donors (Lipinski definition) is 2. The highest BCUT2D eigenvalue weighted by atomic mass is 32.2. The lowest BCUT2D eigenvalue weighted by Crippen LogP contribution is -2.15. The van der Waals surface area contributed by atoms with Gasteiger partial charge in [0.25, 0.3) is 0 Å². The summed E-state index contributed by atoms with van der Waals surface area (Å²) in [7, 11) is -0.443. The Morgan fingerprint density at radius 3 is 2.81 bits per heavy atom. The molecule has 136 valence electrons. The number of thiocarbonyl (C=S) groups is 1. The van der Waals surface area contributed by atoms with Crippen molar-refractivity contribution in [3.05, 3.63) is 48.2 Å². The van der Waals surface area contributed by atoms with E-state index in [4.69, 9.17) is 22.1 Å². The van der Waals surface area contributed by atoms with Crippen LogP contribution in [0.2, 0.25) is 0 Å². The molecule has 0 atom stereocenters. The zero-order chi connectivity index (χ0) is 18.9. The minimum atomic E-state index is -3.82. The van der Waals surface area contributed by atoms with Gasteiger partial charge >= 0.3 is 0 Å². The van der Waals surface area contributed by atoms with E-state index in [-0.39, 0.29) is 4.90 Å². The Morgan fingerprint density at radius 2 is 2.12 bits per heavy atom. The van der Waals surface area contributed by atoms with E-state index in [2.05, 4.69) is 10.4 Å². The van der Waals surface area contributed by atoms with Gasteiger partial charge in [-0.25, -0.2) is 13.6 Å². The third-order valence-corrected chi connectivity index (χ3v) is 5.16. The van der Waals surface area contributed by atoms with Crippen molar-refractivity contribution in [3.8, 4) is 5.75 Å². The summed E-state index contributed by atoms with van der Waals surface area (Å²) in [4.78, 5) is 0.504. The van der Waals surface area contributed by atoms with Gasteiger partial charge in [-0.3, -0.25) is 4.68 Å². The first-order valence-corrected chi connectivity index (χ1v) is 9.65. The Bertz CT molecular complexity index is 1090. The summed E-state index contributed by atoms with van der Waals surface area (Å²) < 4.78 is 30.2. The van der Waals surface area contributed by atoms with Crippen LogP contribution in [-0.4, -0.2) is 30.3 Å². The number of primary sulfonamides is 1. The zero-order valence-corrected chi connectivity index (χ0v) is 15.9. The standard InChI is InChI=1S/C17H18N4O3S2/c1-21-15-5-3-4-11(13(15)10-19-21)8-17(25)20-14-9-12(26(18,22)23)6-7-16(14)24-2/h3-7,9-10H,8H2,1-2H3,(H,20,25)(H2,18,22,23). The third-order valence-electron chi connectivity index (χ3n) is 4.01. The van der Waals surface area contributed by atoms with Crippen LogP contribution < -0.4 is 15.2 Å². The number of benzene rings is 2. The lowest BCUT2D eigenvalue weighted by atomic mass is 10.1. The van der Waals surface area contributed by atoms with Crippen LogP contribution in [0.3, 0.4) is 0 Å². The maximum Gasteiger partial charge on any atom is 0.238 e. The van der Waals surface area contributed by atoms with Crippen LogP contribution in [0.1, 0.15) is 5.56 Å². The summed E-state index contributed by atoms with van der Waals surface area (Å²) in [5, 5.41) is 13.5. The molecule has 0 aliphatic carbocycles. The van der Waals surface area contributed by atoms with Gasteiger partial charge in [-0.2, -0.15) is 5.10 Å². The van der Waals surface area contributed by atoms with Crippen molar-refractivity contribution >= 4 is 43.8 Å². The number of sulfonamides is 1. The molecule has 2 aromatic carbocycles. The van der Waals surface area contributed by atoms with Crippen LogP contribution in [-0.2, 0) is 23.5 Å². The molecule has 0 radical (unpaired) electrons. The first-order chi connectivity index (χ1) is 12.3. The lowest BCUT2D eigenvalue weighted by Gasteiger charge is -2.13. The summed E-state index contributed by atoms with van der Waals surface area (Å²) in [6.07, 6.45) is 2.27. The average Bonchev–Trinajstić information content (AvgIpc) is 2.96. The van der Waals surface area contributed by atoms with Crippen LogP contribution in [0.4, 0.5) is 5.69 Å². The van der Waals surface area contributed by atoms with Crippen LogP contribution in [0.5, 0.6) is 5.75 Å². The smallest absolute Gasteiger partial charge is 0.238 e. The molecule has 0 unspecified atom stereocenters. The van der Waals surface area contributed by atoms with Gasteiger partial charge in [-0.15, -0.1) is 0 Å². The summed E-state index contributed by atoms with van der Waals surface area (Å²) in [6.45, 7) is 0. The topological polar surface area (TPSA) is 99.2 Å². The summed E-state index contributed by atoms with van der Waals surface area (Å²) in [6, 6.07) is 10.2. The minimum absolute atomic E-state index is 0.0158. The van der Waals surface area contributed by atoms with Crippen molar-refractivity contribution in [3.63, 3.8) is 0 Å². The highest BCUT2D eigenvalue weighted by molar-refractivity contribution is 7.89. The molecule has 0 aliphatic heterocycles. The van der Waals surface area contributed by atoms with Gasteiger partial charge < -0.3 is 10.1 Å². The van der Waals surface area contributed by atoms with Crippen LogP contribution in [0.15, 0.2) is 47.5 Å². The number of rotatable bonds is 5. The van der Waals surface area contributed by atoms with Crippen LogP contribution in [0.25, 0.3) is 10.9 Å². The molecule has 3 rings (SSSR count). The number of aromatic nitrogens is 2. The highest BCUT2D eigenvalue weighted by Gasteiger charge is 2.14. The number of ether oxygens (including phenoxy) is 1. The average molecular weight is 390 g/mol. The van der Waals surface area contributed by atoms with Gasteiger partial charge in [0.2, 0.25) is 10.0 Å². The van der Waals surface area contributed by atoms with Crippen LogP contribution >= 0.6 is 12.2 Å². The quantitative estimate of drug-likeness (QED) is 0.648. The predicted molar refractivity (Wildman–Crippen MR) is 105 cm³/mol. The molecular weight excluding hydrogens is 372 g/mol. The number of nitrogens with two attached hydrogens (primary N) is 1. The summed E-state index contributed by atoms with van der Waals surface area (Å²) in [5.41, 5.74) is 2.48. The van der Waals surface area contributed by atoms with Gasteiger partial charge in [0, 0.05) is 18.9 Å². The van der Waals surface area contributed by atoms with E-state index in [0.717, 1.165) is 16.5 Å². The summed E-state index contributed by atoms with van der Waals surface area (Å²) in [5.74, 6) is 0.472. The first-order valence-electron chi connectivity index (χ1n) is 7.70. The number of fused-ring (bicyclic) bond motifs is 1. The van der Waals surface area contributed by atoms with Gasteiger partial charge in [0.05, 0.1) is 34.4 Å². The lowest BCUT2D eigenvalue weighted by molar-refractivity contribution is 0.416. The fraction of sp³-hybridized carbons (Fsp3) is 0.176. The Morgan fingerprint density at radius 1 is 1.35 bits per heavy atom. The monoisotopic (exact) mass is 390 g/mol. The Kier molecular flexibility index (Phi) is 4.94. The summed E-state index contributed by atoms with van der Waals surface area (Å²) >= 11 is 5.46. The van der Waals surface area contributed by atoms with Crippen molar-refractivity contribution in [2.24, 2.45) is 12.2 Å². The van der Waals surface area contributed by atoms with E-state index in [1.165, 1.54) is 25.3 Å². The number of nitrogens with one attached hydrogen (secondary N) is 1. The molecule has 0 spiro atoms. The van der Waals surface area contributed by atoms with Crippen LogP contribution in [0, 0.1) is 0 Å². The maximum absolute atomic E-state index is 11.6. The normalized spacial score (nSPS) is 11.5. The van der Waals surface area contributed by atoms with E-state index >= 15 is 0 Å². The predicted octanol–water partition coefficient (Wildman–Crippen LogP) is 2.21. The third kappa shape index (κ3) is 3.69. The molecule has 0 fully saturated rings. The second-order valence-electron chi connectivity index (χ2n) is 5.75. The van der Waals surface area contributed by atoms with Crippen molar-refractivity contribution in [2.75, 3.05) is 12.4 Å². The molecule has 0 saturated heterocycles. The Labute approximate surface area is 156 Å². The number of hydrogen-bond acceptors (Lipinski definition) is 5. The molecule has 0 bridgehead atoms. The molecule has 1 heterocycles. The molecule has 0 aliphatic rings. The maximum atomic E-state index is 11.6. The molecule has 1 aromatic heterocycles. The zero-order valence-electron chi connectivity index (χ0n) is 14.3. The molecule has 7 nitrogen and oxygen atoms in total. The second kappa shape index (κ2) is 7.02. The van der Waals surface area contributed by atoms with E-state index in [9.17, 15) is 8.42 Å². The van der Waals surface area contributed by atoms with Gasteiger partial charge in [-0.1, -0.05) is 24.4 Å². The second-order valence-corrected chi connectivity index (χ2v) is 7.80. The van der Waals surface area contributed by atoms with E-state index in [0.29, 0.717) is 22.8 Å². The molecule has 0 amide bonds. The largest absolute Gasteiger partial charge is 0.495 e. The molecule has 0 saturated carbocycles. The van der Waals surface area contributed by atoms with Gasteiger partial charge in [0.1, 0.15) is 5.75 Å². The number of nitrogens with zero attached hydrogens (tertiary/aromatic N) is 2. The molecule has 3 N–H and O–H groups in total. The van der Waals surface area contributed by atoms with Crippen molar-refractivity contribution < 1.29 is 13.2 Å².